The van der Waals surface area contributed by atoms with Gasteiger partial charge in [0.1, 0.15) is 0 Å². The molecule has 100 valence electrons. The zero-order chi connectivity index (χ0) is 13.9. The maximum atomic E-state index is 11.9. The molecule has 0 bridgehead atoms. The van der Waals surface area contributed by atoms with Gasteiger partial charge in [-0.1, -0.05) is 22.0 Å². The lowest BCUT2D eigenvalue weighted by Crippen LogP contribution is -2.43. The highest BCUT2D eigenvalue weighted by Gasteiger charge is 2.23. The highest BCUT2D eigenvalue weighted by molar-refractivity contribution is 9.10. The smallest absolute Gasteiger partial charge is 0.251 e. The third kappa shape index (κ3) is 4.10. The second-order valence-electron chi connectivity index (χ2n) is 4.31. The van der Waals surface area contributed by atoms with E-state index in [9.17, 15) is 13.2 Å². The van der Waals surface area contributed by atoms with Crippen molar-refractivity contribution in [1.29, 1.82) is 0 Å². The zero-order valence-corrected chi connectivity index (χ0v) is 12.9. The van der Waals surface area contributed by atoms with Gasteiger partial charge in [-0.2, -0.15) is 0 Å². The van der Waals surface area contributed by atoms with Crippen molar-refractivity contribution < 1.29 is 13.2 Å². The summed E-state index contributed by atoms with van der Waals surface area (Å²) in [5.41, 5.74) is 0.497. The van der Waals surface area contributed by atoms with Crippen molar-refractivity contribution in [2.45, 2.75) is 25.1 Å². The summed E-state index contributed by atoms with van der Waals surface area (Å²) in [5, 5.41) is 2.07. The first-order valence-corrected chi connectivity index (χ1v) is 8.22. The molecule has 4 nitrogen and oxygen atoms in total. The van der Waals surface area contributed by atoms with Gasteiger partial charge in [0.05, 0.1) is 5.25 Å². The Balaban J connectivity index is 2.77. The van der Waals surface area contributed by atoms with Gasteiger partial charge in [-0.3, -0.25) is 4.79 Å². The van der Waals surface area contributed by atoms with Gasteiger partial charge in [0.25, 0.3) is 5.91 Å². The predicted octanol–water partition coefficient (Wildman–Crippen LogP) is 2.00. The first-order valence-electron chi connectivity index (χ1n) is 5.47. The second-order valence-corrected chi connectivity index (χ2v) is 7.63. The van der Waals surface area contributed by atoms with Crippen LogP contribution in [0.1, 0.15) is 24.2 Å². The Kier molecular flexibility index (Phi) is 4.92. The summed E-state index contributed by atoms with van der Waals surface area (Å²) in [6, 6.07) is 6.50. The van der Waals surface area contributed by atoms with E-state index < -0.39 is 21.1 Å². The van der Waals surface area contributed by atoms with Crippen molar-refractivity contribution in [3.05, 3.63) is 34.3 Å². The molecule has 0 heterocycles. The van der Waals surface area contributed by atoms with Crippen LogP contribution in [0, 0.1) is 0 Å². The minimum atomic E-state index is -3.16. The second kappa shape index (κ2) is 5.84. The van der Waals surface area contributed by atoms with E-state index in [4.69, 9.17) is 0 Å². The fourth-order valence-corrected chi connectivity index (χ4v) is 2.62. The van der Waals surface area contributed by atoms with Gasteiger partial charge in [0, 0.05) is 22.3 Å². The zero-order valence-electron chi connectivity index (χ0n) is 10.5. The van der Waals surface area contributed by atoms with Crippen LogP contribution >= 0.6 is 15.9 Å². The van der Waals surface area contributed by atoms with Gasteiger partial charge in [-0.15, -0.1) is 0 Å². The van der Waals surface area contributed by atoms with Gasteiger partial charge in [-0.25, -0.2) is 8.42 Å². The Hall–Kier alpha value is -0.880. The van der Waals surface area contributed by atoms with Gasteiger partial charge in [0.15, 0.2) is 9.84 Å². The fraction of sp³-hybridized carbons (Fsp3) is 0.417. The maximum absolute atomic E-state index is 11.9. The highest BCUT2D eigenvalue weighted by atomic mass is 79.9. The Morgan fingerprint density at radius 2 is 1.94 bits per heavy atom. The number of benzene rings is 1. The summed E-state index contributed by atoms with van der Waals surface area (Å²) in [6.45, 7) is 3.27. The van der Waals surface area contributed by atoms with E-state index in [1.54, 1.807) is 32.0 Å². The third-order valence-electron chi connectivity index (χ3n) is 2.83. The van der Waals surface area contributed by atoms with E-state index in [1.807, 2.05) is 6.07 Å². The molecule has 0 spiro atoms. The van der Waals surface area contributed by atoms with Gasteiger partial charge in [0.2, 0.25) is 0 Å². The van der Waals surface area contributed by atoms with Crippen LogP contribution in [-0.2, 0) is 9.84 Å². The average molecular weight is 334 g/mol. The number of amides is 1. The van der Waals surface area contributed by atoms with Crippen molar-refractivity contribution in [2.24, 2.45) is 0 Å². The summed E-state index contributed by atoms with van der Waals surface area (Å²) >= 11 is 3.28. The Bertz CT molecular complexity index is 542. The number of sulfone groups is 1. The predicted molar refractivity (Wildman–Crippen MR) is 75.4 cm³/mol. The number of carbonyl (C=O) groups excluding carboxylic acids is 1. The monoisotopic (exact) mass is 333 g/mol. The first-order chi connectivity index (χ1) is 8.21. The molecule has 1 rings (SSSR count). The largest absolute Gasteiger partial charge is 0.348 e. The molecular weight excluding hydrogens is 318 g/mol. The van der Waals surface area contributed by atoms with Crippen molar-refractivity contribution >= 4 is 31.7 Å². The molecule has 0 fully saturated rings. The van der Waals surface area contributed by atoms with Crippen LogP contribution in [0.4, 0.5) is 0 Å². The SMILES string of the molecule is CC([C@@H](C)NC(=O)c1cccc(Br)c1)S(C)(=O)=O. The molecule has 1 N–H and O–H groups in total. The third-order valence-corrected chi connectivity index (χ3v) is 5.08. The van der Waals surface area contributed by atoms with E-state index in [2.05, 4.69) is 21.2 Å². The van der Waals surface area contributed by atoms with E-state index >= 15 is 0 Å². The van der Waals surface area contributed by atoms with Crippen molar-refractivity contribution in [1.82, 2.24) is 5.32 Å². The van der Waals surface area contributed by atoms with Gasteiger partial charge in [-0.05, 0) is 32.0 Å². The first kappa shape index (κ1) is 15.2. The van der Waals surface area contributed by atoms with Crippen molar-refractivity contribution in [3.8, 4) is 0 Å². The molecule has 0 saturated heterocycles. The number of nitrogens with one attached hydrogen (secondary N) is 1. The molecule has 0 radical (unpaired) electrons. The summed E-state index contributed by atoms with van der Waals surface area (Å²) in [6.07, 6.45) is 1.17. The van der Waals surface area contributed by atoms with Gasteiger partial charge < -0.3 is 5.32 Å². The van der Waals surface area contributed by atoms with Crippen LogP contribution in [0.3, 0.4) is 0 Å². The van der Waals surface area contributed by atoms with E-state index in [1.165, 1.54) is 6.26 Å². The number of hydrogen-bond acceptors (Lipinski definition) is 3. The van der Waals surface area contributed by atoms with Crippen LogP contribution < -0.4 is 5.32 Å². The molecule has 6 heteroatoms. The van der Waals surface area contributed by atoms with E-state index in [0.29, 0.717) is 5.56 Å². The normalized spacial score (nSPS) is 14.9. The van der Waals surface area contributed by atoms with E-state index in [0.717, 1.165) is 4.47 Å². The minimum Gasteiger partial charge on any atom is -0.348 e. The highest BCUT2D eigenvalue weighted by Crippen LogP contribution is 2.12. The number of hydrogen-bond donors (Lipinski definition) is 1. The van der Waals surface area contributed by atoms with E-state index in [-0.39, 0.29) is 5.91 Å². The molecule has 0 aliphatic heterocycles. The molecule has 0 aliphatic carbocycles. The average Bonchev–Trinajstić information content (AvgIpc) is 2.26. The lowest BCUT2D eigenvalue weighted by molar-refractivity contribution is 0.0940. The Morgan fingerprint density at radius 1 is 1.33 bits per heavy atom. The van der Waals surface area contributed by atoms with Crippen LogP contribution in [0.2, 0.25) is 0 Å². The Morgan fingerprint density at radius 3 is 2.44 bits per heavy atom. The van der Waals surface area contributed by atoms with Crippen LogP contribution in [0.15, 0.2) is 28.7 Å². The van der Waals surface area contributed by atoms with Crippen LogP contribution in [0.5, 0.6) is 0 Å². The molecular formula is C12H16BrNO3S. The quantitative estimate of drug-likeness (QED) is 0.916. The standard InChI is InChI=1S/C12H16BrNO3S/c1-8(9(2)18(3,16)17)14-12(15)10-5-4-6-11(13)7-10/h4-9H,1-3H3,(H,14,15)/t8-,9?/m1/s1. The van der Waals surface area contributed by atoms with Crippen molar-refractivity contribution in [2.75, 3.05) is 6.26 Å². The molecule has 1 unspecified atom stereocenters. The minimum absolute atomic E-state index is 0.278. The molecule has 0 aliphatic rings. The molecule has 1 amide bonds. The lowest BCUT2D eigenvalue weighted by Gasteiger charge is -2.19. The number of rotatable bonds is 4. The van der Waals surface area contributed by atoms with Crippen LogP contribution in [0.25, 0.3) is 0 Å². The molecule has 1 aromatic rings. The molecule has 1 aromatic carbocycles. The number of halogens is 1. The molecule has 18 heavy (non-hydrogen) atoms. The number of carbonyl (C=O) groups is 1. The lowest BCUT2D eigenvalue weighted by atomic mass is 10.2. The fourth-order valence-electron chi connectivity index (χ4n) is 1.41. The van der Waals surface area contributed by atoms with Crippen LogP contribution in [-0.4, -0.2) is 31.9 Å². The topological polar surface area (TPSA) is 63.2 Å². The molecule has 0 aromatic heterocycles. The molecule has 2 atom stereocenters. The summed E-state index contributed by atoms with van der Waals surface area (Å²) in [5.74, 6) is -0.278. The summed E-state index contributed by atoms with van der Waals surface area (Å²) in [7, 11) is -3.16. The Labute approximate surface area is 116 Å². The summed E-state index contributed by atoms with van der Waals surface area (Å²) < 4.78 is 23.6. The summed E-state index contributed by atoms with van der Waals surface area (Å²) in [4.78, 5) is 11.9. The maximum Gasteiger partial charge on any atom is 0.251 e. The van der Waals surface area contributed by atoms with Gasteiger partial charge >= 0.3 is 0 Å². The molecule has 0 saturated carbocycles. The van der Waals surface area contributed by atoms with Crippen molar-refractivity contribution in [3.63, 3.8) is 0 Å².